The molecule has 2 rings (SSSR count). The molecular weight excluding hydrogens is 378 g/mol. The summed E-state index contributed by atoms with van der Waals surface area (Å²) in [7, 11) is 5.85. The van der Waals surface area contributed by atoms with Crippen LogP contribution in [0.2, 0.25) is 0 Å². The van der Waals surface area contributed by atoms with Crippen molar-refractivity contribution in [2.24, 2.45) is 0 Å². The minimum atomic E-state index is -0.156. The minimum Gasteiger partial charge on any atom is -0.496 e. The van der Waals surface area contributed by atoms with Gasteiger partial charge in [-0.2, -0.15) is 0 Å². The molecule has 2 N–H and O–H groups in total. The molecule has 0 aromatic heterocycles. The number of nitrogens with zero attached hydrogens (tertiary/aromatic N) is 1. The van der Waals surface area contributed by atoms with Crippen LogP contribution >= 0.6 is 0 Å². The van der Waals surface area contributed by atoms with Gasteiger partial charge in [0.25, 0.3) is 0 Å². The summed E-state index contributed by atoms with van der Waals surface area (Å²) in [5, 5.41) is 6.35. The van der Waals surface area contributed by atoms with Crippen molar-refractivity contribution >= 4 is 5.91 Å². The predicted octanol–water partition coefficient (Wildman–Crippen LogP) is 2.96. The highest BCUT2D eigenvalue weighted by Crippen LogP contribution is 2.47. The average Bonchev–Trinajstić information content (AvgIpc) is 2.73. The van der Waals surface area contributed by atoms with Crippen LogP contribution in [0, 0.1) is 0 Å². The van der Waals surface area contributed by atoms with Crippen LogP contribution in [0.5, 0.6) is 5.75 Å². The van der Waals surface area contributed by atoms with Gasteiger partial charge in [-0.25, -0.2) is 0 Å². The van der Waals surface area contributed by atoms with Gasteiger partial charge < -0.3 is 25.0 Å². The van der Waals surface area contributed by atoms with Crippen LogP contribution in [0.25, 0.3) is 0 Å². The first-order valence-corrected chi connectivity index (χ1v) is 11.2. The smallest absolute Gasteiger partial charge is 0.233 e. The summed E-state index contributed by atoms with van der Waals surface area (Å²) in [5.41, 5.74) is 1.01. The lowest BCUT2D eigenvalue weighted by molar-refractivity contribution is -0.120. The largest absolute Gasteiger partial charge is 0.496 e. The Kier molecular flexibility index (Phi) is 9.59. The van der Waals surface area contributed by atoms with Gasteiger partial charge in [-0.3, -0.25) is 4.79 Å². The number of hydrogen-bond donors (Lipinski definition) is 2. The summed E-state index contributed by atoms with van der Waals surface area (Å²) in [6.45, 7) is 8.00. The predicted molar refractivity (Wildman–Crippen MR) is 122 cm³/mol. The number of rotatable bonds is 12. The molecule has 1 aliphatic rings. The van der Waals surface area contributed by atoms with Crippen LogP contribution in [-0.4, -0.2) is 70.4 Å². The molecule has 0 radical (unpaired) electrons. The number of methoxy groups -OCH3 is 1. The Morgan fingerprint density at radius 1 is 1.27 bits per heavy atom. The maximum atomic E-state index is 12.3. The molecule has 2 atom stereocenters. The maximum Gasteiger partial charge on any atom is 0.233 e. The Morgan fingerprint density at radius 3 is 2.73 bits per heavy atom. The van der Waals surface area contributed by atoms with Gasteiger partial charge in [0.15, 0.2) is 0 Å². The number of nitrogens with one attached hydrogen (secondary N) is 2. The van der Waals surface area contributed by atoms with E-state index in [4.69, 9.17) is 9.47 Å². The summed E-state index contributed by atoms with van der Waals surface area (Å²) < 4.78 is 11.8. The fourth-order valence-electron chi connectivity index (χ4n) is 4.46. The molecule has 1 heterocycles. The summed E-state index contributed by atoms with van der Waals surface area (Å²) >= 11 is 0. The highest BCUT2D eigenvalue weighted by Gasteiger charge is 2.44. The molecule has 0 spiro atoms. The summed E-state index contributed by atoms with van der Waals surface area (Å²) in [5.74, 6) is 0.979. The zero-order chi connectivity index (χ0) is 22.0. The Labute approximate surface area is 182 Å². The molecule has 0 saturated carbocycles. The molecule has 0 bridgehead atoms. The van der Waals surface area contributed by atoms with Gasteiger partial charge in [-0.15, -0.1) is 0 Å². The third-order valence-electron chi connectivity index (χ3n) is 6.34. The number of ether oxygens (including phenoxy) is 2. The minimum absolute atomic E-state index is 0.0559. The van der Waals surface area contributed by atoms with Gasteiger partial charge in [0.05, 0.1) is 19.3 Å². The highest BCUT2D eigenvalue weighted by atomic mass is 16.5. The molecule has 0 aliphatic carbocycles. The van der Waals surface area contributed by atoms with Gasteiger partial charge >= 0.3 is 0 Å². The van der Waals surface area contributed by atoms with E-state index >= 15 is 0 Å². The van der Waals surface area contributed by atoms with E-state index in [1.807, 2.05) is 12.1 Å². The van der Waals surface area contributed by atoms with Crippen LogP contribution in [0.15, 0.2) is 24.3 Å². The number of carbonyl (C=O) groups excluding carboxylic acids is 1. The Hall–Kier alpha value is -1.63. The van der Waals surface area contributed by atoms with E-state index in [2.05, 4.69) is 55.6 Å². The molecule has 1 aromatic carbocycles. The average molecular weight is 420 g/mol. The van der Waals surface area contributed by atoms with E-state index in [9.17, 15) is 4.79 Å². The van der Waals surface area contributed by atoms with Crippen molar-refractivity contribution in [2.45, 2.75) is 57.0 Å². The van der Waals surface area contributed by atoms with E-state index in [-0.39, 0.29) is 16.9 Å². The number of para-hydroxylation sites is 1. The normalized spacial score (nSPS) is 24.1. The summed E-state index contributed by atoms with van der Waals surface area (Å²) in [6, 6.07) is 8.30. The molecule has 6 heteroatoms. The van der Waals surface area contributed by atoms with Crippen molar-refractivity contribution < 1.29 is 14.3 Å². The SMILES string of the molecule is CC[C@@]1(C)C[C@@](CCNC(=O)CNCCCN(C)C)(c2ccccc2OC)CCO1. The Bertz CT molecular complexity index is 667. The van der Waals surface area contributed by atoms with E-state index < -0.39 is 0 Å². The second-order valence-corrected chi connectivity index (χ2v) is 8.99. The van der Waals surface area contributed by atoms with Gasteiger partial charge in [-0.1, -0.05) is 25.1 Å². The van der Waals surface area contributed by atoms with Gasteiger partial charge in [0.2, 0.25) is 5.91 Å². The van der Waals surface area contributed by atoms with Gasteiger partial charge in [-0.05, 0) is 72.3 Å². The van der Waals surface area contributed by atoms with Crippen molar-refractivity contribution in [3.05, 3.63) is 29.8 Å². The van der Waals surface area contributed by atoms with Crippen LogP contribution in [0.3, 0.4) is 0 Å². The lowest BCUT2D eigenvalue weighted by atomic mass is 9.66. The molecule has 170 valence electrons. The third kappa shape index (κ3) is 6.96. The van der Waals surface area contributed by atoms with Crippen molar-refractivity contribution in [1.29, 1.82) is 0 Å². The van der Waals surface area contributed by atoms with Crippen molar-refractivity contribution in [2.75, 3.05) is 54.0 Å². The zero-order valence-corrected chi connectivity index (χ0v) is 19.6. The van der Waals surface area contributed by atoms with Crippen LogP contribution in [0.1, 0.15) is 51.5 Å². The first kappa shape index (κ1) is 24.6. The molecule has 1 aromatic rings. The van der Waals surface area contributed by atoms with E-state index in [1.165, 1.54) is 5.56 Å². The third-order valence-corrected chi connectivity index (χ3v) is 6.34. The van der Waals surface area contributed by atoms with Gasteiger partial charge in [0.1, 0.15) is 5.75 Å². The quantitative estimate of drug-likeness (QED) is 0.510. The van der Waals surface area contributed by atoms with Crippen LogP contribution in [0.4, 0.5) is 0 Å². The summed E-state index contributed by atoms with van der Waals surface area (Å²) in [4.78, 5) is 14.4. The standard InChI is InChI=1S/C24H41N3O3/c1-6-23(2)19-24(13-17-30-23,20-10-7-8-11-21(20)29-5)12-15-26-22(28)18-25-14-9-16-27(3)4/h7-8,10-11,25H,6,9,12-19H2,1-5H3,(H,26,28)/t23-,24-/m0/s1. The van der Waals surface area contributed by atoms with Crippen LogP contribution in [-0.2, 0) is 14.9 Å². The van der Waals surface area contributed by atoms with Crippen molar-refractivity contribution in [1.82, 2.24) is 15.5 Å². The van der Waals surface area contributed by atoms with Gasteiger partial charge in [0, 0.05) is 24.1 Å². The molecule has 0 unspecified atom stereocenters. The molecule has 1 saturated heterocycles. The maximum absolute atomic E-state index is 12.3. The monoisotopic (exact) mass is 419 g/mol. The fraction of sp³-hybridized carbons (Fsp3) is 0.708. The first-order chi connectivity index (χ1) is 14.3. The van der Waals surface area contributed by atoms with E-state index in [0.29, 0.717) is 13.1 Å². The van der Waals surface area contributed by atoms with Crippen molar-refractivity contribution in [3.8, 4) is 5.75 Å². The lowest BCUT2D eigenvalue weighted by Crippen LogP contribution is -2.47. The highest BCUT2D eigenvalue weighted by molar-refractivity contribution is 5.77. The number of benzene rings is 1. The molecule has 1 aliphatic heterocycles. The Balaban J connectivity index is 1.99. The topological polar surface area (TPSA) is 62.8 Å². The van der Waals surface area contributed by atoms with Crippen molar-refractivity contribution in [3.63, 3.8) is 0 Å². The first-order valence-electron chi connectivity index (χ1n) is 11.2. The molecular formula is C24H41N3O3. The summed E-state index contributed by atoms with van der Waals surface area (Å²) in [6.07, 6.45) is 4.73. The van der Waals surface area contributed by atoms with E-state index in [0.717, 1.165) is 57.6 Å². The lowest BCUT2D eigenvalue weighted by Gasteiger charge is -2.47. The van der Waals surface area contributed by atoms with E-state index in [1.54, 1.807) is 7.11 Å². The van der Waals surface area contributed by atoms with Crippen LogP contribution < -0.4 is 15.4 Å². The number of amides is 1. The molecule has 30 heavy (non-hydrogen) atoms. The number of carbonyl (C=O) groups is 1. The second kappa shape index (κ2) is 11.7. The molecule has 1 amide bonds. The zero-order valence-electron chi connectivity index (χ0n) is 19.6. The Morgan fingerprint density at radius 2 is 2.03 bits per heavy atom. The molecule has 6 nitrogen and oxygen atoms in total. The number of hydrogen-bond acceptors (Lipinski definition) is 5. The fourth-order valence-corrected chi connectivity index (χ4v) is 4.46. The molecule has 1 fully saturated rings. The second-order valence-electron chi connectivity index (χ2n) is 8.99.